The molecule has 1 fully saturated rings. The van der Waals surface area contributed by atoms with Crippen LogP contribution in [0.15, 0.2) is 48.8 Å². The number of anilines is 2. The second-order valence-corrected chi connectivity index (χ2v) is 8.49. The number of nitriles is 1. The van der Waals surface area contributed by atoms with E-state index in [1.807, 2.05) is 18.2 Å². The van der Waals surface area contributed by atoms with E-state index in [2.05, 4.69) is 44.0 Å². The average Bonchev–Trinajstić information content (AvgIpc) is 2.84. The summed E-state index contributed by atoms with van der Waals surface area (Å²) in [5.41, 5.74) is 3.11. The van der Waals surface area contributed by atoms with E-state index in [1.54, 1.807) is 12.4 Å². The number of halogens is 1. The second kappa shape index (κ2) is 8.52. The van der Waals surface area contributed by atoms with Crippen molar-refractivity contribution in [3.8, 4) is 6.07 Å². The SMILES string of the molecule is N#CC1CCN(c2nccnc2C2=CCN(c3ccc4ccc(Cl)cc4n3)CC2)CC1. The third-order valence-electron chi connectivity index (χ3n) is 6.13. The molecule has 4 heterocycles. The Morgan fingerprint density at radius 1 is 1.00 bits per heavy atom. The summed E-state index contributed by atoms with van der Waals surface area (Å²) in [5.74, 6) is 2.06. The molecule has 0 bridgehead atoms. The van der Waals surface area contributed by atoms with Crippen LogP contribution in [0.25, 0.3) is 16.5 Å². The zero-order chi connectivity index (χ0) is 21.2. The van der Waals surface area contributed by atoms with E-state index in [0.717, 1.165) is 73.7 Å². The Morgan fingerprint density at radius 2 is 1.81 bits per heavy atom. The highest BCUT2D eigenvalue weighted by Crippen LogP contribution is 2.31. The summed E-state index contributed by atoms with van der Waals surface area (Å²) in [7, 11) is 0. The number of aromatic nitrogens is 3. The summed E-state index contributed by atoms with van der Waals surface area (Å²) in [6.07, 6.45) is 8.42. The third kappa shape index (κ3) is 4.06. The van der Waals surface area contributed by atoms with Crippen molar-refractivity contribution in [1.29, 1.82) is 5.26 Å². The number of benzene rings is 1. The maximum atomic E-state index is 9.18. The number of hydrogen-bond acceptors (Lipinski definition) is 6. The highest BCUT2D eigenvalue weighted by atomic mass is 35.5. The predicted octanol–water partition coefficient (Wildman–Crippen LogP) is 4.71. The van der Waals surface area contributed by atoms with Crippen LogP contribution in [-0.2, 0) is 0 Å². The van der Waals surface area contributed by atoms with Crippen molar-refractivity contribution in [3.05, 3.63) is 59.5 Å². The number of piperidine rings is 1. The number of nitrogens with zero attached hydrogens (tertiary/aromatic N) is 6. The summed E-state index contributed by atoms with van der Waals surface area (Å²) in [4.78, 5) is 18.7. The van der Waals surface area contributed by atoms with Crippen molar-refractivity contribution in [1.82, 2.24) is 15.0 Å². The van der Waals surface area contributed by atoms with Gasteiger partial charge in [0.2, 0.25) is 0 Å². The molecule has 7 heteroatoms. The predicted molar refractivity (Wildman–Crippen MR) is 124 cm³/mol. The first-order chi connectivity index (χ1) is 15.2. The van der Waals surface area contributed by atoms with E-state index >= 15 is 0 Å². The molecule has 31 heavy (non-hydrogen) atoms. The molecule has 0 atom stereocenters. The molecule has 0 radical (unpaired) electrons. The first-order valence-corrected chi connectivity index (χ1v) is 11.1. The molecule has 156 valence electrons. The van der Waals surface area contributed by atoms with Crippen LogP contribution in [0, 0.1) is 17.2 Å². The Morgan fingerprint density at radius 3 is 2.58 bits per heavy atom. The van der Waals surface area contributed by atoms with Gasteiger partial charge in [-0.1, -0.05) is 23.7 Å². The smallest absolute Gasteiger partial charge is 0.154 e. The van der Waals surface area contributed by atoms with Gasteiger partial charge < -0.3 is 9.80 Å². The summed E-state index contributed by atoms with van der Waals surface area (Å²) in [6, 6.07) is 12.4. The lowest BCUT2D eigenvalue weighted by Gasteiger charge is -2.32. The van der Waals surface area contributed by atoms with E-state index < -0.39 is 0 Å². The highest BCUT2D eigenvalue weighted by Gasteiger charge is 2.24. The number of pyridine rings is 1. The van der Waals surface area contributed by atoms with Gasteiger partial charge in [0.15, 0.2) is 5.82 Å². The Hall–Kier alpha value is -3.17. The Balaban J connectivity index is 1.36. The normalized spacial score (nSPS) is 17.5. The first kappa shape index (κ1) is 19.8. The van der Waals surface area contributed by atoms with Crippen LogP contribution in [0.3, 0.4) is 0 Å². The lowest BCUT2D eigenvalue weighted by atomic mass is 9.97. The minimum absolute atomic E-state index is 0.156. The fourth-order valence-corrected chi connectivity index (χ4v) is 4.52. The molecular weight excluding hydrogens is 408 g/mol. The van der Waals surface area contributed by atoms with Gasteiger partial charge in [0.05, 0.1) is 11.6 Å². The van der Waals surface area contributed by atoms with E-state index in [9.17, 15) is 5.26 Å². The van der Waals surface area contributed by atoms with Gasteiger partial charge in [0.1, 0.15) is 11.5 Å². The number of rotatable bonds is 3. The topological polar surface area (TPSA) is 68.9 Å². The van der Waals surface area contributed by atoms with Crippen LogP contribution in [0.4, 0.5) is 11.6 Å². The van der Waals surface area contributed by atoms with E-state index in [0.29, 0.717) is 5.02 Å². The standard InChI is InChI=1S/C24H23ClN6/c25-20-3-1-18-2-4-22(29-21(18)15-20)30-13-7-19(8-14-30)23-24(28-10-9-27-23)31-11-5-17(16-26)6-12-31/h1-4,7,9-10,15,17H,5-6,8,11-14H2. The molecule has 2 aliphatic rings. The quantitative estimate of drug-likeness (QED) is 0.599. The zero-order valence-electron chi connectivity index (χ0n) is 17.2. The average molecular weight is 431 g/mol. The van der Waals surface area contributed by atoms with Gasteiger partial charge in [-0.05, 0) is 49.1 Å². The molecular formula is C24H23ClN6. The van der Waals surface area contributed by atoms with E-state index in [4.69, 9.17) is 16.6 Å². The molecule has 0 aliphatic carbocycles. The summed E-state index contributed by atoms with van der Waals surface area (Å²) in [6.45, 7) is 3.36. The highest BCUT2D eigenvalue weighted by molar-refractivity contribution is 6.31. The fraction of sp³-hybridized carbons (Fsp3) is 0.333. The number of hydrogen-bond donors (Lipinski definition) is 0. The molecule has 0 N–H and O–H groups in total. The lowest BCUT2D eigenvalue weighted by molar-refractivity contribution is 0.484. The molecule has 0 saturated carbocycles. The maximum Gasteiger partial charge on any atom is 0.154 e. The van der Waals surface area contributed by atoms with Crippen molar-refractivity contribution in [2.75, 3.05) is 36.0 Å². The van der Waals surface area contributed by atoms with E-state index in [1.165, 1.54) is 5.57 Å². The summed E-state index contributed by atoms with van der Waals surface area (Å²) >= 11 is 6.14. The van der Waals surface area contributed by atoms with Crippen molar-refractivity contribution >= 4 is 39.7 Å². The van der Waals surface area contributed by atoms with Gasteiger partial charge in [-0.2, -0.15) is 5.26 Å². The van der Waals surface area contributed by atoms with E-state index in [-0.39, 0.29) is 5.92 Å². The van der Waals surface area contributed by atoms with Crippen molar-refractivity contribution in [2.24, 2.45) is 5.92 Å². The zero-order valence-corrected chi connectivity index (χ0v) is 18.0. The molecule has 2 aromatic heterocycles. The van der Waals surface area contributed by atoms with Crippen LogP contribution in [0.1, 0.15) is 25.0 Å². The van der Waals surface area contributed by atoms with Crippen LogP contribution in [-0.4, -0.2) is 41.1 Å². The van der Waals surface area contributed by atoms with Gasteiger partial charge in [-0.15, -0.1) is 0 Å². The molecule has 1 saturated heterocycles. The fourth-order valence-electron chi connectivity index (χ4n) is 4.36. The van der Waals surface area contributed by atoms with Gasteiger partial charge in [0.25, 0.3) is 0 Å². The molecule has 1 aromatic carbocycles. The second-order valence-electron chi connectivity index (χ2n) is 8.05. The van der Waals surface area contributed by atoms with Gasteiger partial charge >= 0.3 is 0 Å². The molecule has 0 amide bonds. The molecule has 2 aliphatic heterocycles. The maximum absolute atomic E-state index is 9.18. The largest absolute Gasteiger partial charge is 0.355 e. The van der Waals surface area contributed by atoms with Crippen LogP contribution in [0.5, 0.6) is 0 Å². The third-order valence-corrected chi connectivity index (χ3v) is 6.37. The number of fused-ring (bicyclic) bond motifs is 1. The molecule has 0 unspecified atom stereocenters. The molecule has 5 rings (SSSR count). The monoisotopic (exact) mass is 430 g/mol. The molecule has 6 nitrogen and oxygen atoms in total. The van der Waals surface area contributed by atoms with Crippen LogP contribution >= 0.6 is 11.6 Å². The minimum atomic E-state index is 0.156. The van der Waals surface area contributed by atoms with Crippen molar-refractivity contribution in [2.45, 2.75) is 19.3 Å². The van der Waals surface area contributed by atoms with Crippen LogP contribution < -0.4 is 9.80 Å². The van der Waals surface area contributed by atoms with Crippen molar-refractivity contribution in [3.63, 3.8) is 0 Å². The Bertz CT molecular complexity index is 1180. The van der Waals surface area contributed by atoms with Gasteiger partial charge in [-0.3, -0.25) is 4.98 Å². The van der Waals surface area contributed by atoms with Crippen LogP contribution in [0.2, 0.25) is 5.02 Å². The summed E-state index contributed by atoms with van der Waals surface area (Å²) < 4.78 is 0. The molecule has 3 aromatic rings. The lowest BCUT2D eigenvalue weighted by Crippen LogP contribution is -2.35. The van der Waals surface area contributed by atoms with Gasteiger partial charge in [0, 0.05) is 54.9 Å². The first-order valence-electron chi connectivity index (χ1n) is 10.7. The molecule has 0 spiro atoms. The Kier molecular flexibility index (Phi) is 5.44. The van der Waals surface area contributed by atoms with Crippen molar-refractivity contribution < 1.29 is 0 Å². The summed E-state index contributed by atoms with van der Waals surface area (Å²) in [5, 5.41) is 11.0. The minimum Gasteiger partial charge on any atom is -0.355 e. The van der Waals surface area contributed by atoms with Gasteiger partial charge in [-0.25, -0.2) is 9.97 Å². The Labute approximate surface area is 186 Å².